The molecule has 0 bridgehead atoms. The maximum Gasteiger partial charge on any atom is 0.0494 e. The van der Waals surface area contributed by atoms with Gasteiger partial charge in [-0.1, -0.05) is 32.4 Å². The molecule has 0 aliphatic heterocycles. The summed E-state index contributed by atoms with van der Waals surface area (Å²) in [5, 5.41) is 4.24. The Morgan fingerprint density at radius 1 is 1.21 bits per heavy atom. The lowest BCUT2D eigenvalue weighted by Crippen LogP contribution is -2.07. The van der Waals surface area contributed by atoms with Gasteiger partial charge in [-0.3, -0.25) is 0 Å². The van der Waals surface area contributed by atoms with Crippen LogP contribution < -0.4 is 5.32 Å². The van der Waals surface area contributed by atoms with Gasteiger partial charge in [0.1, 0.15) is 0 Å². The summed E-state index contributed by atoms with van der Waals surface area (Å²) in [7, 11) is 0. The van der Waals surface area contributed by atoms with Crippen LogP contribution in [0.4, 0.5) is 5.69 Å². The molecule has 19 heavy (non-hydrogen) atoms. The van der Waals surface area contributed by atoms with Gasteiger partial charge < -0.3 is 5.32 Å². The van der Waals surface area contributed by atoms with Crippen LogP contribution in [0.2, 0.25) is 5.02 Å². The third-order valence-corrected chi connectivity index (χ3v) is 5.42. The summed E-state index contributed by atoms with van der Waals surface area (Å²) in [6.07, 6.45) is 0. The summed E-state index contributed by atoms with van der Waals surface area (Å²) < 4.78 is 1.15. The van der Waals surface area contributed by atoms with Crippen LogP contribution >= 0.6 is 45.5 Å². The largest absolute Gasteiger partial charge is 0.379 e. The number of benzene rings is 1. The average Bonchev–Trinajstić information content (AvgIpc) is 2.76. The molecule has 2 rings (SSSR count). The first kappa shape index (κ1) is 15.1. The molecular formula is C15H17ClINS. The Kier molecular flexibility index (Phi) is 4.79. The average molecular weight is 406 g/mol. The Morgan fingerprint density at radius 2 is 1.95 bits per heavy atom. The second-order valence-corrected chi connectivity index (χ2v) is 8.26. The highest BCUT2D eigenvalue weighted by Crippen LogP contribution is 2.30. The van der Waals surface area contributed by atoms with Crippen LogP contribution in [0.5, 0.6) is 0 Å². The van der Waals surface area contributed by atoms with E-state index in [1.165, 1.54) is 9.75 Å². The standard InChI is InChI=1S/C15H17ClINS/c1-15(2,3)14-7-5-11(19-14)9-18-13-6-4-10(16)8-12(13)17/h4-8,18H,9H2,1-3H3. The fraction of sp³-hybridized carbons (Fsp3) is 0.333. The molecule has 102 valence electrons. The quantitative estimate of drug-likeness (QED) is 0.625. The zero-order valence-corrected chi connectivity index (χ0v) is 15.0. The van der Waals surface area contributed by atoms with Gasteiger partial charge in [-0.2, -0.15) is 0 Å². The molecule has 1 aromatic carbocycles. The van der Waals surface area contributed by atoms with Crippen LogP contribution in [0.15, 0.2) is 30.3 Å². The van der Waals surface area contributed by atoms with Gasteiger partial charge >= 0.3 is 0 Å². The summed E-state index contributed by atoms with van der Waals surface area (Å²) in [6, 6.07) is 10.4. The molecule has 2 aromatic rings. The first-order valence-electron chi connectivity index (χ1n) is 6.14. The van der Waals surface area contributed by atoms with Crippen molar-refractivity contribution in [2.24, 2.45) is 0 Å². The minimum Gasteiger partial charge on any atom is -0.379 e. The molecule has 0 atom stereocenters. The number of anilines is 1. The summed E-state index contributed by atoms with van der Waals surface area (Å²) in [6.45, 7) is 7.60. The van der Waals surface area contributed by atoms with Crippen molar-refractivity contribution >= 4 is 51.2 Å². The van der Waals surface area contributed by atoms with E-state index in [4.69, 9.17) is 11.6 Å². The Hall–Kier alpha value is -0.260. The molecule has 0 saturated carbocycles. The van der Waals surface area contributed by atoms with Gasteiger partial charge in [0.2, 0.25) is 0 Å². The van der Waals surface area contributed by atoms with E-state index in [0.29, 0.717) is 0 Å². The van der Waals surface area contributed by atoms with Gasteiger partial charge in [0.05, 0.1) is 0 Å². The monoisotopic (exact) mass is 405 g/mol. The molecule has 1 nitrogen and oxygen atoms in total. The van der Waals surface area contributed by atoms with Gasteiger partial charge in [0.15, 0.2) is 0 Å². The van der Waals surface area contributed by atoms with Crippen LogP contribution in [-0.4, -0.2) is 0 Å². The maximum atomic E-state index is 5.96. The minimum atomic E-state index is 0.234. The lowest BCUT2D eigenvalue weighted by molar-refractivity contribution is 0.604. The summed E-state index contributed by atoms with van der Waals surface area (Å²) in [5.41, 5.74) is 1.37. The van der Waals surface area contributed by atoms with E-state index in [2.05, 4.69) is 60.8 Å². The van der Waals surface area contributed by atoms with Crippen molar-refractivity contribution in [2.75, 3.05) is 5.32 Å². The fourth-order valence-corrected chi connectivity index (χ4v) is 3.76. The Morgan fingerprint density at radius 3 is 2.53 bits per heavy atom. The highest BCUT2D eigenvalue weighted by molar-refractivity contribution is 14.1. The molecule has 0 aliphatic rings. The predicted molar refractivity (Wildman–Crippen MR) is 94.5 cm³/mol. The number of hydrogen-bond donors (Lipinski definition) is 1. The normalized spacial score (nSPS) is 11.6. The number of thiophene rings is 1. The lowest BCUT2D eigenvalue weighted by atomic mass is 9.95. The number of hydrogen-bond acceptors (Lipinski definition) is 2. The molecule has 0 aliphatic carbocycles. The van der Waals surface area contributed by atoms with E-state index in [-0.39, 0.29) is 5.41 Å². The number of nitrogens with one attached hydrogen (secondary N) is 1. The van der Waals surface area contributed by atoms with Crippen molar-refractivity contribution in [2.45, 2.75) is 32.7 Å². The lowest BCUT2D eigenvalue weighted by Gasteiger charge is -2.15. The second kappa shape index (κ2) is 6.02. The van der Waals surface area contributed by atoms with Crippen LogP contribution in [-0.2, 0) is 12.0 Å². The minimum absolute atomic E-state index is 0.234. The first-order valence-corrected chi connectivity index (χ1v) is 8.42. The van der Waals surface area contributed by atoms with Crippen molar-refractivity contribution in [3.63, 3.8) is 0 Å². The molecule has 0 fully saturated rings. The van der Waals surface area contributed by atoms with E-state index < -0.39 is 0 Å². The molecule has 1 N–H and O–H groups in total. The molecule has 0 radical (unpaired) electrons. The molecular weight excluding hydrogens is 389 g/mol. The van der Waals surface area contributed by atoms with Gasteiger partial charge in [0, 0.05) is 30.6 Å². The van der Waals surface area contributed by atoms with Gasteiger partial charge in [-0.05, 0) is 58.3 Å². The number of halogens is 2. The Bertz CT molecular complexity index is 572. The molecule has 4 heteroatoms. The van der Waals surface area contributed by atoms with Crippen molar-refractivity contribution < 1.29 is 0 Å². The summed E-state index contributed by atoms with van der Waals surface area (Å²) in [5.74, 6) is 0. The van der Waals surface area contributed by atoms with Crippen molar-refractivity contribution in [3.8, 4) is 0 Å². The topological polar surface area (TPSA) is 12.0 Å². The second-order valence-electron chi connectivity index (χ2n) is 5.49. The van der Waals surface area contributed by atoms with E-state index in [1.54, 1.807) is 0 Å². The first-order chi connectivity index (χ1) is 8.86. The van der Waals surface area contributed by atoms with E-state index in [1.807, 2.05) is 29.5 Å². The Labute approximate surface area is 137 Å². The van der Waals surface area contributed by atoms with Crippen LogP contribution in [0.25, 0.3) is 0 Å². The zero-order valence-electron chi connectivity index (χ0n) is 11.3. The van der Waals surface area contributed by atoms with Crippen molar-refractivity contribution in [1.29, 1.82) is 0 Å². The number of rotatable bonds is 3. The third kappa shape index (κ3) is 4.10. The predicted octanol–water partition coefficient (Wildman–Crippen LogP) is 5.92. The molecule has 0 amide bonds. The van der Waals surface area contributed by atoms with Crippen molar-refractivity contribution in [3.05, 3.63) is 48.7 Å². The van der Waals surface area contributed by atoms with Gasteiger partial charge in [0.25, 0.3) is 0 Å². The van der Waals surface area contributed by atoms with Crippen LogP contribution in [0, 0.1) is 3.57 Å². The van der Waals surface area contributed by atoms with Crippen molar-refractivity contribution in [1.82, 2.24) is 0 Å². The molecule has 0 unspecified atom stereocenters. The third-order valence-electron chi connectivity index (χ3n) is 2.79. The Balaban J connectivity index is 2.04. The summed E-state index contributed by atoms with van der Waals surface area (Å²) in [4.78, 5) is 2.78. The molecule has 1 aromatic heterocycles. The summed E-state index contributed by atoms with van der Waals surface area (Å²) >= 11 is 10.1. The maximum absolute atomic E-state index is 5.96. The SMILES string of the molecule is CC(C)(C)c1ccc(CNc2ccc(Cl)cc2I)s1. The van der Waals surface area contributed by atoms with Crippen LogP contribution in [0.1, 0.15) is 30.5 Å². The highest BCUT2D eigenvalue weighted by Gasteiger charge is 2.15. The molecule has 0 saturated heterocycles. The highest BCUT2D eigenvalue weighted by atomic mass is 127. The smallest absolute Gasteiger partial charge is 0.0494 e. The van der Waals surface area contributed by atoms with E-state index in [9.17, 15) is 0 Å². The fourth-order valence-electron chi connectivity index (χ4n) is 1.69. The van der Waals surface area contributed by atoms with Gasteiger partial charge in [-0.15, -0.1) is 11.3 Å². The molecule has 0 spiro atoms. The van der Waals surface area contributed by atoms with E-state index >= 15 is 0 Å². The van der Waals surface area contributed by atoms with Crippen LogP contribution in [0.3, 0.4) is 0 Å². The zero-order chi connectivity index (χ0) is 14.0. The molecule has 1 heterocycles. The van der Waals surface area contributed by atoms with E-state index in [0.717, 1.165) is 20.8 Å². The van der Waals surface area contributed by atoms with Gasteiger partial charge in [-0.25, -0.2) is 0 Å².